The highest BCUT2D eigenvalue weighted by atomic mass is 16.7. The lowest BCUT2D eigenvalue weighted by Gasteiger charge is -2.19. The Balaban J connectivity index is 2.02. The van der Waals surface area contributed by atoms with Gasteiger partial charge in [0.1, 0.15) is 5.82 Å². The molecule has 2 heterocycles. The maximum Gasteiger partial charge on any atom is 0.513 e. The molecule has 0 N–H and O–H groups in total. The molecule has 38 heavy (non-hydrogen) atoms. The van der Waals surface area contributed by atoms with Gasteiger partial charge in [-0.2, -0.15) is 0 Å². The number of benzene rings is 2. The summed E-state index contributed by atoms with van der Waals surface area (Å²) in [7, 11) is 8.19. The fourth-order valence-corrected chi connectivity index (χ4v) is 4.28. The van der Waals surface area contributed by atoms with E-state index < -0.39 is 6.16 Å². The predicted molar refractivity (Wildman–Crippen MR) is 142 cm³/mol. The van der Waals surface area contributed by atoms with Crippen molar-refractivity contribution in [2.45, 2.75) is 19.8 Å². The monoisotopic (exact) mass is 521 g/mol. The van der Waals surface area contributed by atoms with E-state index in [0.717, 1.165) is 11.4 Å². The van der Waals surface area contributed by atoms with Gasteiger partial charge in [-0.25, -0.2) is 14.8 Å². The van der Waals surface area contributed by atoms with E-state index in [-0.39, 0.29) is 12.4 Å². The Morgan fingerprint density at radius 3 is 2.21 bits per heavy atom. The number of rotatable bonds is 10. The number of imidazole rings is 1. The molecule has 10 nitrogen and oxygen atoms in total. The summed E-state index contributed by atoms with van der Waals surface area (Å²) in [5.74, 6) is 3.27. The van der Waals surface area contributed by atoms with Gasteiger partial charge in [-0.15, -0.1) is 0 Å². The van der Waals surface area contributed by atoms with E-state index in [4.69, 9.17) is 33.4 Å². The largest absolute Gasteiger partial charge is 0.513 e. The topological polar surface area (TPSA) is 103 Å². The zero-order chi connectivity index (χ0) is 27.2. The third-order valence-corrected chi connectivity index (χ3v) is 6.14. The van der Waals surface area contributed by atoms with Gasteiger partial charge in [-0.3, -0.25) is 0 Å². The Kier molecular flexibility index (Phi) is 8.20. The summed E-state index contributed by atoms with van der Waals surface area (Å²) in [5, 5.41) is 0.690. The molecule has 200 valence electrons. The Morgan fingerprint density at radius 2 is 1.58 bits per heavy atom. The molecule has 0 saturated carbocycles. The summed E-state index contributed by atoms with van der Waals surface area (Å²) in [5.41, 5.74) is 2.55. The van der Waals surface area contributed by atoms with Crippen LogP contribution < -0.4 is 23.7 Å². The van der Waals surface area contributed by atoms with Crippen LogP contribution >= 0.6 is 0 Å². The van der Waals surface area contributed by atoms with Crippen LogP contribution in [-0.4, -0.2) is 55.7 Å². The smallest absolute Gasteiger partial charge is 0.493 e. The molecular weight excluding hydrogens is 490 g/mol. The number of aryl methyl sites for hydroxylation is 3. The van der Waals surface area contributed by atoms with E-state index in [1.54, 1.807) is 53.7 Å². The van der Waals surface area contributed by atoms with Gasteiger partial charge in [-0.1, -0.05) is 6.07 Å². The summed E-state index contributed by atoms with van der Waals surface area (Å²) >= 11 is 0. The van der Waals surface area contributed by atoms with Crippen molar-refractivity contribution in [3.63, 3.8) is 0 Å². The molecular formula is C28H31N3O7. The van der Waals surface area contributed by atoms with Crippen LogP contribution in [0.2, 0.25) is 0 Å². The van der Waals surface area contributed by atoms with Crippen molar-refractivity contribution in [3.8, 4) is 39.9 Å². The molecule has 0 bridgehead atoms. The molecule has 2 aromatic heterocycles. The second-order valence-electron chi connectivity index (χ2n) is 8.30. The standard InChI is InChI=1S/C28H31N3O7/c1-7-37-28(32)38-27-19(9-11-25-29-12-13-31(25)2)30-20-16-24(36-6)23(35-5)15-18(20)26(27)17-8-10-21(33-3)22(14-17)34-4/h8,10,12-16H,7,9,11H2,1-6H3. The fraction of sp³-hybridized carbons (Fsp3) is 0.321. The first kappa shape index (κ1) is 26.6. The van der Waals surface area contributed by atoms with E-state index >= 15 is 0 Å². The van der Waals surface area contributed by atoms with E-state index in [9.17, 15) is 4.79 Å². The number of ether oxygens (including phenoxy) is 6. The van der Waals surface area contributed by atoms with Crippen LogP contribution in [0.3, 0.4) is 0 Å². The van der Waals surface area contributed by atoms with E-state index in [1.807, 2.05) is 36.0 Å². The van der Waals surface area contributed by atoms with Gasteiger partial charge in [0, 0.05) is 49.3 Å². The first-order valence-corrected chi connectivity index (χ1v) is 12.1. The highest BCUT2D eigenvalue weighted by Crippen LogP contribution is 2.45. The van der Waals surface area contributed by atoms with Gasteiger partial charge >= 0.3 is 6.16 Å². The van der Waals surface area contributed by atoms with Crippen molar-refractivity contribution in [3.05, 3.63) is 54.2 Å². The second-order valence-corrected chi connectivity index (χ2v) is 8.30. The normalized spacial score (nSPS) is 10.8. The van der Waals surface area contributed by atoms with Crippen LogP contribution in [0.5, 0.6) is 28.7 Å². The molecule has 4 aromatic rings. The van der Waals surface area contributed by atoms with Crippen LogP contribution in [0, 0.1) is 0 Å². The Bertz CT molecular complexity index is 1450. The summed E-state index contributed by atoms with van der Waals surface area (Å²) in [6.07, 6.45) is 3.81. The number of carbonyl (C=O) groups excluding carboxylic acids is 1. The number of hydrogen-bond donors (Lipinski definition) is 0. The summed E-state index contributed by atoms with van der Waals surface area (Å²) in [4.78, 5) is 22.0. The molecule has 0 amide bonds. The molecule has 4 rings (SSSR count). The zero-order valence-electron chi connectivity index (χ0n) is 22.4. The zero-order valence-corrected chi connectivity index (χ0v) is 22.4. The summed E-state index contributed by atoms with van der Waals surface area (Å²) in [6.45, 7) is 1.88. The quantitative estimate of drug-likeness (QED) is 0.267. The number of methoxy groups -OCH3 is 4. The van der Waals surface area contributed by atoms with Crippen molar-refractivity contribution >= 4 is 17.1 Å². The van der Waals surface area contributed by atoms with Crippen molar-refractivity contribution in [1.82, 2.24) is 14.5 Å². The van der Waals surface area contributed by atoms with E-state index in [1.165, 1.54) is 0 Å². The lowest BCUT2D eigenvalue weighted by Crippen LogP contribution is -2.14. The van der Waals surface area contributed by atoms with Gasteiger partial charge in [0.25, 0.3) is 0 Å². The molecule has 0 fully saturated rings. The van der Waals surface area contributed by atoms with Crippen molar-refractivity contribution in [2.24, 2.45) is 7.05 Å². The third kappa shape index (κ3) is 5.29. The van der Waals surface area contributed by atoms with Crippen LogP contribution in [0.15, 0.2) is 42.7 Å². The Labute approximate surface area is 221 Å². The lowest BCUT2D eigenvalue weighted by molar-refractivity contribution is 0.104. The van der Waals surface area contributed by atoms with Gasteiger partial charge in [0.15, 0.2) is 28.7 Å². The van der Waals surface area contributed by atoms with Crippen molar-refractivity contribution < 1.29 is 33.2 Å². The first-order valence-electron chi connectivity index (χ1n) is 12.1. The molecule has 0 unspecified atom stereocenters. The molecule has 0 radical (unpaired) electrons. The molecule has 0 spiro atoms. The minimum Gasteiger partial charge on any atom is -0.493 e. The molecule has 0 atom stereocenters. The Hall–Kier alpha value is -4.47. The maximum atomic E-state index is 12.6. The molecule has 2 aromatic carbocycles. The first-order chi connectivity index (χ1) is 18.4. The highest BCUT2D eigenvalue weighted by molar-refractivity contribution is 6.01. The lowest BCUT2D eigenvalue weighted by atomic mass is 9.96. The minimum absolute atomic E-state index is 0.166. The number of nitrogens with zero attached hydrogens (tertiary/aromatic N) is 3. The van der Waals surface area contributed by atoms with Gasteiger partial charge in [-0.05, 0) is 30.7 Å². The van der Waals surface area contributed by atoms with Gasteiger partial charge < -0.3 is 33.0 Å². The highest BCUT2D eigenvalue weighted by Gasteiger charge is 2.24. The van der Waals surface area contributed by atoms with Crippen molar-refractivity contribution in [1.29, 1.82) is 0 Å². The van der Waals surface area contributed by atoms with Gasteiger partial charge in [0.2, 0.25) is 0 Å². The Morgan fingerprint density at radius 1 is 0.895 bits per heavy atom. The van der Waals surface area contributed by atoms with E-state index in [0.29, 0.717) is 58.0 Å². The summed E-state index contributed by atoms with van der Waals surface area (Å²) < 4.78 is 35.0. The maximum absolute atomic E-state index is 12.6. The van der Waals surface area contributed by atoms with Crippen LogP contribution in [0.25, 0.3) is 22.0 Å². The average molecular weight is 522 g/mol. The van der Waals surface area contributed by atoms with Crippen LogP contribution in [0.4, 0.5) is 4.79 Å². The predicted octanol–water partition coefficient (Wildman–Crippen LogP) is 4.99. The number of hydrogen-bond acceptors (Lipinski definition) is 9. The minimum atomic E-state index is -0.825. The van der Waals surface area contributed by atoms with E-state index in [2.05, 4.69) is 4.98 Å². The third-order valence-electron chi connectivity index (χ3n) is 6.14. The number of aromatic nitrogens is 3. The number of fused-ring (bicyclic) bond motifs is 1. The van der Waals surface area contributed by atoms with Gasteiger partial charge in [0.05, 0.1) is 46.3 Å². The molecule has 0 saturated heterocycles. The molecule has 10 heteroatoms. The molecule has 0 aliphatic carbocycles. The second kappa shape index (κ2) is 11.7. The van der Waals surface area contributed by atoms with Crippen LogP contribution in [0.1, 0.15) is 18.4 Å². The number of pyridine rings is 1. The fourth-order valence-electron chi connectivity index (χ4n) is 4.28. The van der Waals surface area contributed by atoms with Crippen LogP contribution in [-0.2, 0) is 24.6 Å². The summed E-state index contributed by atoms with van der Waals surface area (Å²) in [6, 6.07) is 9.10. The average Bonchev–Trinajstić information content (AvgIpc) is 3.35. The van der Waals surface area contributed by atoms with Crippen molar-refractivity contribution in [2.75, 3.05) is 35.0 Å². The molecule has 0 aliphatic heterocycles. The molecule has 0 aliphatic rings. The number of carbonyl (C=O) groups is 1. The SMILES string of the molecule is CCOC(=O)Oc1c(CCc2nccn2C)nc2cc(OC)c(OC)cc2c1-c1ccc(OC)c(OC)c1.